The van der Waals surface area contributed by atoms with Gasteiger partial charge in [0.05, 0.1) is 0 Å². The molecule has 4 heterocycles. The van der Waals surface area contributed by atoms with Crippen LogP contribution in [0.2, 0.25) is 0 Å². The van der Waals surface area contributed by atoms with Gasteiger partial charge in [-0.05, 0) is 69.2 Å². The normalized spacial score (nSPS) is 21.9. The first-order chi connectivity index (χ1) is 12.6. The molecule has 1 unspecified atom stereocenters. The number of aromatic nitrogens is 2. The highest BCUT2D eigenvalue weighted by Gasteiger charge is 2.31. The molecule has 6 nitrogen and oxygen atoms in total. The number of fused-ring (bicyclic) bond motifs is 1. The summed E-state index contributed by atoms with van der Waals surface area (Å²) in [6, 6.07) is 3.73. The second kappa shape index (κ2) is 7.19. The predicted octanol–water partition coefficient (Wildman–Crippen LogP) is 1.85. The number of carbonyl (C=O) groups is 1. The number of rotatable bonds is 2. The third-order valence-electron chi connectivity index (χ3n) is 5.95. The van der Waals surface area contributed by atoms with Gasteiger partial charge in [0, 0.05) is 25.5 Å². The molecule has 0 spiro atoms. The number of piperidine rings is 2. The summed E-state index contributed by atoms with van der Waals surface area (Å²) in [6.07, 6.45) is 7.71. The number of amides is 1. The largest absolute Gasteiger partial charge is 0.338 e. The monoisotopic (exact) mass is 354 g/mol. The van der Waals surface area contributed by atoms with Crippen LogP contribution in [-0.2, 0) is 0 Å². The van der Waals surface area contributed by atoms with Gasteiger partial charge in [-0.1, -0.05) is 6.07 Å². The first-order valence-corrected chi connectivity index (χ1v) is 9.62. The van der Waals surface area contributed by atoms with Crippen LogP contribution in [0, 0.1) is 18.8 Å². The van der Waals surface area contributed by atoms with E-state index >= 15 is 0 Å². The number of hydrogen-bond acceptors (Lipinski definition) is 4. The third kappa shape index (κ3) is 3.14. The van der Waals surface area contributed by atoms with E-state index in [2.05, 4.69) is 10.3 Å². The van der Waals surface area contributed by atoms with Crippen molar-refractivity contribution in [3.05, 3.63) is 46.0 Å². The second-order valence-electron chi connectivity index (χ2n) is 7.60. The number of aryl methyl sites for hydroxylation is 1. The van der Waals surface area contributed by atoms with Crippen LogP contribution in [0.15, 0.2) is 29.3 Å². The molecule has 6 heteroatoms. The van der Waals surface area contributed by atoms with Crippen molar-refractivity contribution in [1.82, 2.24) is 19.6 Å². The van der Waals surface area contributed by atoms with Crippen LogP contribution in [0.1, 0.15) is 41.6 Å². The van der Waals surface area contributed by atoms with Gasteiger partial charge in [0.1, 0.15) is 11.2 Å². The maximum absolute atomic E-state index is 13.0. The molecule has 1 N–H and O–H groups in total. The summed E-state index contributed by atoms with van der Waals surface area (Å²) in [6.45, 7) is 5.56. The Balaban J connectivity index is 1.58. The molecule has 0 radical (unpaired) electrons. The van der Waals surface area contributed by atoms with Gasteiger partial charge in [0.15, 0.2) is 0 Å². The Hall–Kier alpha value is -2.21. The van der Waals surface area contributed by atoms with Crippen molar-refractivity contribution < 1.29 is 4.79 Å². The Bertz CT molecular complexity index is 870. The summed E-state index contributed by atoms with van der Waals surface area (Å²) in [7, 11) is 0. The number of pyridine rings is 1. The summed E-state index contributed by atoms with van der Waals surface area (Å²) in [5, 5.41) is 3.41. The second-order valence-corrected chi connectivity index (χ2v) is 7.60. The number of nitrogens with zero attached hydrogens (tertiary/aromatic N) is 3. The average molecular weight is 354 g/mol. The summed E-state index contributed by atoms with van der Waals surface area (Å²) in [4.78, 5) is 32.1. The number of nitrogens with one attached hydrogen (secondary N) is 1. The van der Waals surface area contributed by atoms with Crippen molar-refractivity contribution in [2.24, 2.45) is 11.8 Å². The molecule has 26 heavy (non-hydrogen) atoms. The van der Waals surface area contributed by atoms with Crippen molar-refractivity contribution in [2.75, 3.05) is 26.2 Å². The van der Waals surface area contributed by atoms with Crippen LogP contribution < -0.4 is 10.9 Å². The van der Waals surface area contributed by atoms with Gasteiger partial charge in [-0.25, -0.2) is 4.98 Å². The molecule has 0 aliphatic carbocycles. The van der Waals surface area contributed by atoms with E-state index in [1.807, 2.05) is 24.0 Å². The average Bonchev–Trinajstić information content (AvgIpc) is 2.69. The molecule has 2 aliphatic heterocycles. The smallest absolute Gasteiger partial charge is 0.270 e. The first kappa shape index (κ1) is 17.2. The van der Waals surface area contributed by atoms with Crippen LogP contribution >= 0.6 is 0 Å². The molecule has 138 valence electrons. The molecular formula is C20H26N4O2. The van der Waals surface area contributed by atoms with Crippen molar-refractivity contribution in [3.8, 4) is 0 Å². The van der Waals surface area contributed by atoms with E-state index in [-0.39, 0.29) is 17.0 Å². The van der Waals surface area contributed by atoms with Crippen LogP contribution in [0.5, 0.6) is 0 Å². The summed E-state index contributed by atoms with van der Waals surface area (Å²) in [5.41, 5.74) is 1.44. The number of likely N-dealkylation sites (tertiary alicyclic amines) is 1. The van der Waals surface area contributed by atoms with Crippen molar-refractivity contribution in [2.45, 2.75) is 32.6 Å². The molecule has 4 rings (SSSR count). The Morgan fingerprint density at radius 3 is 2.85 bits per heavy atom. The molecule has 0 aromatic carbocycles. The van der Waals surface area contributed by atoms with Gasteiger partial charge >= 0.3 is 0 Å². The van der Waals surface area contributed by atoms with E-state index in [1.165, 1.54) is 29.9 Å². The Kier molecular flexibility index (Phi) is 4.76. The van der Waals surface area contributed by atoms with E-state index in [4.69, 9.17) is 0 Å². The molecular weight excluding hydrogens is 328 g/mol. The fourth-order valence-electron chi connectivity index (χ4n) is 4.46. The lowest BCUT2D eigenvalue weighted by Gasteiger charge is -2.38. The fraction of sp³-hybridized carbons (Fsp3) is 0.550. The molecule has 1 amide bonds. The van der Waals surface area contributed by atoms with Gasteiger partial charge in [0.2, 0.25) is 0 Å². The molecule has 2 saturated heterocycles. The summed E-state index contributed by atoms with van der Waals surface area (Å²) < 4.78 is 1.48. The maximum atomic E-state index is 13.0. The minimum atomic E-state index is -0.271. The van der Waals surface area contributed by atoms with Gasteiger partial charge in [0.25, 0.3) is 11.5 Å². The van der Waals surface area contributed by atoms with Gasteiger partial charge in [-0.2, -0.15) is 0 Å². The summed E-state index contributed by atoms with van der Waals surface area (Å²) >= 11 is 0. The van der Waals surface area contributed by atoms with Gasteiger partial charge < -0.3 is 10.2 Å². The van der Waals surface area contributed by atoms with Gasteiger partial charge in [-0.15, -0.1) is 0 Å². The number of hydrogen-bond donors (Lipinski definition) is 1. The van der Waals surface area contributed by atoms with E-state index in [0.717, 1.165) is 38.2 Å². The third-order valence-corrected chi connectivity index (χ3v) is 5.95. The quantitative estimate of drug-likeness (QED) is 0.894. The van der Waals surface area contributed by atoms with Crippen molar-refractivity contribution >= 4 is 11.6 Å². The molecule has 1 atom stereocenters. The Morgan fingerprint density at radius 1 is 1.23 bits per heavy atom. The predicted molar refractivity (Wildman–Crippen MR) is 100 cm³/mol. The molecule has 2 fully saturated rings. The molecule has 2 aromatic rings. The molecule has 0 saturated carbocycles. The van der Waals surface area contributed by atoms with Crippen LogP contribution in [-0.4, -0.2) is 46.4 Å². The van der Waals surface area contributed by atoms with Crippen molar-refractivity contribution in [1.29, 1.82) is 0 Å². The van der Waals surface area contributed by atoms with Crippen LogP contribution in [0.3, 0.4) is 0 Å². The zero-order chi connectivity index (χ0) is 18.1. The summed E-state index contributed by atoms with van der Waals surface area (Å²) in [5.74, 6) is 1.07. The molecule has 2 aromatic heterocycles. The van der Waals surface area contributed by atoms with E-state index in [9.17, 15) is 9.59 Å². The zero-order valence-corrected chi connectivity index (χ0v) is 15.3. The highest BCUT2D eigenvalue weighted by Crippen LogP contribution is 2.30. The van der Waals surface area contributed by atoms with E-state index in [1.54, 1.807) is 6.20 Å². The minimum absolute atomic E-state index is 0.169. The lowest BCUT2D eigenvalue weighted by molar-refractivity contribution is 0.0603. The van der Waals surface area contributed by atoms with E-state index < -0.39 is 0 Å². The molecule has 0 bridgehead atoms. The van der Waals surface area contributed by atoms with Crippen LogP contribution in [0.4, 0.5) is 0 Å². The topological polar surface area (TPSA) is 66.7 Å². The van der Waals surface area contributed by atoms with Gasteiger partial charge in [-0.3, -0.25) is 14.0 Å². The van der Waals surface area contributed by atoms with Crippen molar-refractivity contribution in [3.63, 3.8) is 0 Å². The lowest BCUT2D eigenvalue weighted by atomic mass is 9.80. The zero-order valence-electron chi connectivity index (χ0n) is 15.3. The van der Waals surface area contributed by atoms with Crippen LogP contribution in [0.25, 0.3) is 5.65 Å². The number of carbonyl (C=O) groups excluding carboxylic acids is 1. The highest BCUT2D eigenvalue weighted by atomic mass is 16.2. The highest BCUT2D eigenvalue weighted by molar-refractivity contribution is 5.93. The first-order valence-electron chi connectivity index (χ1n) is 9.62. The minimum Gasteiger partial charge on any atom is -0.338 e. The lowest BCUT2D eigenvalue weighted by Crippen LogP contribution is -2.45. The SMILES string of the molecule is Cc1cccn2c(=O)c(C(=O)N3CCCC(C4CCNCC4)C3)cnc12. The van der Waals surface area contributed by atoms with E-state index in [0.29, 0.717) is 17.5 Å². The standard InChI is InChI=1S/C20H26N4O2/c1-14-4-2-11-24-18(14)22-12-17(20(24)26)19(25)23-10-3-5-16(13-23)15-6-8-21-9-7-15/h2,4,11-12,15-16,21H,3,5-10,13H2,1H3. The Labute approximate surface area is 153 Å². The molecule has 2 aliphatic rings. The Morgan fingerprint density at radius 2 is 2.04 bits per heavy atom. The maximum Gasteiger partial charge on any atom is 0.270 e. The fourth-order valence-corrected chi connectivity index (χ4v) is 4.46.